The number of fused-ring (bicyclic) bond motifs is 1. The molecule has 4 heteroatoms. The van der Waals surface area contributed by atoms with Crippen LogP contribution in [0.3, 0.4) is 0 Å². The van der Waals surface area contributed by atoms with Crippen molar-refractivity contribution < 1.29 is 0 Å². The van der Waals surface area contributed by atoms with E-state index in [-0.39, 0.29) is 0 Å². The van der Waals surface area contributed by atoms with Crippen LogP contribution in [0.15, 0.2) is 48.2 Å². The third-order valence-corrected chi connectivity index (χ3v) is 2.74. The number of nitrogens with one attached hydrogen (secondary N) is 2. The molecular formula is C14H14BN3. The van der Waals surface area contributed by atoms with E-state index in [9.17, 15) is 0 Å². The summed E-state index contributed by atoms with van der Waals surface area (Å²) in [6, 6.07) is 13.9. The van der Waals surface area contributed by atoms with Crippen LogP contribution in [-0.4, -0.2) is 14.9 Å². The van der Waals surface area contributed by atoms with E-state index in [0.717, 1.165) is 22.1 Å². The molecule has 0 radical (unpaired) electrons. The van der Waals surface area contributed by atoms with E-state index >= 15 is 0 Å². The molecule has 0 spiro atoms. The molecule has 3 nitrogen and oxygen atoms in total. The fourth-order valence-electron chi connectivity index (χ4n) is 1.97. The Hall–Kier alpha value is -2.41. The lowest BCUT2D eigenvalue weighted by Gasteiger charge is -2.11. The van der Waals surface area contributed by atoms with Gasteiger partial charge in [0.15, 0.2) is 7.85 Å². The van der Waals surface area contributed by atoms with Gasteiger partial charge in [-0.1, -0.05) is 24.3 Å². The van der Waals surface area contributed by atoms with Crippen LogP contribution < -0.4 is 10.6 Å². The van der Waals surface area contributed by atoms with E-state index in [2.05, 4.69) is 16.7 Å². The first kappa shape index (κ1) is 12.1. The molecule has 0 saturated carbocycles. The predicted molar refractivity (Wildman–Crippen MR) is 78.0 cm³/mol. The van der Waals surface area contributed by atoms with Crippen LogP contribution in [0.2, 0.25) is 0 Å². The highest BCUT2D eigenvalue weighted by atomic mass is 14.9. The lowest BCUT2D eigenvalue weighted by Crippen LogP contribution is -2.05. The molecule has 2 aromatic rings. The Bertz CT molecular complexity index is 641. The molecule has 0 unspecified atom stereocenters. The molecule has 2 N–H and O–H groups in total. The monoisotopic (exact) mass is 235 g/mol. The average Bonchev–Trinajstić information content (AvgIpc) is 2.39. The molecular weight excluding hydrogens is 221 g/mol. The number of rotatable bonds is 3. The Morgan fingerprint density at radius 3 is 2.61 bits per heavy atom. The number of hydrogen-bond donors (Lipinski definition) is 2. The minimum absolute atomic E-state index is 0.700. The molecule has 0 aliphatic rings. The normalized spacial score (nSPS) is 11.0. The smallest absolute Gasteiger partial charge is 0.162 e. The minimum atomic E-state index is 0.700. The van der Waals surface area contributed by atoms with Gasteiger partial charge >= 0.3 is 0 Å². The van der Waals surface area contributed by atoms with Gasteiger partial charge in [-0.25, -0.2) is 0 Å². The van der Waals surface area contributed by atoms with Crippen LogP contribution >= 0.6 is 0 Å². The summed E-state index contributed by atoms with van der Waals surface area (Å²) in [6.07, 6.45) is 1.90. The first-order valence-electron chi connectivity index (χ1n) is 5.79. The highest BCUT2D eigenvalue weighted by molar-refractivity contribution is 6.23. The van der Waals surface area contributed by atoms with Crippen LogP contribution in [0, 0.1) is 11.3 Å². The molecule has 0 aliphatic carbocycles. The van der Waals surface area contributed by atoms with Crippen molar-refractivity contribution in [2.24, 2.45) is 0 Å². The van der Waals surface area contributed by atoms with Crippen LogP contribution in [-0.2, 0) is 0 Å². The van der Waals surface area contributed by atoms with Crippen molar-refractivity contribution >= 4 is 24.3 Å². The van der Waals surface area contributed by atoms with E-state index in [1.807, 2.05) is 57.5 Å². The summed E-state index contributed by atoms with van der Waals surface area (Å²) in [6.45, 7) is 0. The largest absolute Gasteiger partial charge is 0.393 e. The van der Waals surface area contributed by atoms with Crippen LogP contribution in [0.4, 0.5) is 5.69 Å². The van der Waals surface area contributed by atoms with Crippen molar-refractivity contribution in [3.63, 3.8) is 0 Å². The van der Waals surface area contributed by atoms with Gasteiger partial charge in [0, 0.05) is 29.7 Å². The van der Waals surface area contributed by atoms with Crippen LogP contribution in [0.1, 0.15) is 5.56 Å². The van der Waals surface area contributed by atoms with E-state index in [4.69, 9.17) is 5.26 Å². The Morgan fingerprint density at radius 1 is 1.22 bits per heavy atom. The SMILES string of the molecule is B/C(=C/NC)Nc1ccc(C#N)c2ccccc12. The van der Waals surface area contributed by atoms with Crippen molar-refractivity contribution in [2.75, 3.05) is 12.4 Å². The number of nitriles is 1. The fraction of sp³-hybridized carbons (Fsp3) is 0.0714. The molecule has 0 bridgehead atoms. The van der Waals surface area contributed by atoms with E-state index < -0.39 is 0 Å². The summed E-state index contributed by atoms with van der Waals surface area (Å²) in [5.41, 5.74) is 2.73. The molecule has 88 valence electrons. The second-order valence-corrected chi connectivity index (χ2v) is 4.06. The molecule has 0 aliphatic heterocycles. The zero-order valence-electron chi connectivity index (χ0n) is 10.5. The lowest BCUT2D eigenvalue weighted by molar-refractivity contribution is 1.09. The quantitative estimate of drug-likeness (QED) is 0.797. The van der Waals surface area contributed by atoms with Crippen molar-refractivity contribution in [1.82, 2.24) is 5.32 Å². The first-order valence-corrected chi connectivity index (χ1v) is 5.79. The molecule has 0 amide bonds. The first-order chi connectivity index (χ1) is 8.76. The third kappa shape index (κ3) is 2.30. The van der Waals surface area contributed by atoms with Gasteiger partial charge in [0.2, 0.25) is 0 Å². The number of nitrogens with zero attached hydrogens (tertiary/aromatic N) is 1. The summed E-state index contributed by atoms with van der Waals surface area (Å²) in [4.78, 5) is 0. The van der Waals surface area contributed by atoms with Crippen molar-refractivity contribution in [1.29, 1.82) is 5.26 Å². The summed E-state index contributed by atoms with van der Waals surface area (Å²) < 4.78 is 0. The highest BCUT2D eigenvalue weighted by Gasteiger charge is 2.04. The minimum Gasteiger partial charge on any atom is -0.393 e. The Labute approximate surface area is 108 Å². The molecule has 0 aromatic heterocycles. The van der Waals surface area contributed by atoms with Gasteiger partial charge in [-0.2, -0.15) is 5.26 Å². The summed E-state index contributed by atoms with van der Waals surface area (Å²) in [5, 5.41) is 17.4. The van der Waals surface area contributed by atoms with Gasteiger partial charge in [0.25, 0.3) is 0 Å². The van der Waals surface area contributed by atoms with Gasteiger partial charge in [-0.3, -0.25) is 0 Å². The second-order valence-electron chi connectivity index (χ2n) is 4.06. The maximum absolute atomic E-state index is 9.10. The Balaban J connectivity index is 2.54. The molecule has 0 saturated heterocycles. The zero-order valence-corrected chi connectivity index (χ0v) is 10.5. The van der Waals surface area contributed by atoms with Gasteiger partial charge in [0.1, 0.15) is 0 Å². The second kappa shape index (κ2) is 5.28. The predicted octanol–water partition coefficient (Wildman–Crippen LogP) is 1.77. The number of benzene rings is 2. The summed E-state index contributed by atoms with van der Waals surface area (Å²) >= 11 is 0. The van der Waals surface area contributed by atoms with Gasteiger partial charge in [-0.05, 0) is 17.7 Å². The summed E-state index contributed by atoms with van der Waals surface area (Å²) in [5.74, 6) is 0. The van der Waals surface area contributed by atoms with E-state index in [1.54, 1.807) is 0 Å². The lowest BCUT2D eigenvalue weighted by atomic mass is 10.0. The van der Waals surface area contributed by atoms with Crippen molar-refractivity contribution in [2.45, 2.75) is 0 Å². The fourth-order valence-corrected chi connectivity index (χ4v) is 1.97. The maximum Gasteiger partial charge on any atom is 0.162 e. The zero-order chi connectivity index (χ0) is 13.0. The molecule has 2 rings (SSSR count). The average molecular weight is 235 g/mol. The standard InChI is InChI=1S/C14H14BN3/c1-17-9-14(15)18-13-7-6-10(8-16)11-4-2-3-5-12(11)13/h2-7,9,17-18H,15H2,1H3/b14-9-. The molecule has 2 aromatic carbocycles. The van der Waals surface area contributed by atoms with Crippen LogP contribution in [0.5, 0.6) is 0 Å². The van der Waals surface area contributed by atoms with Gasteiger partial charge in [0.05, 0.1) is 11.6 Å². The van der Waals surface area contributed by atoms with E-state index in [0.29, 0.717) is 5.56 Å². The van der Waals surface area contributed by atoms with Crippen molar-refractivity contribution in [3.8, 4) is 6.07 Å². The molecule has 0 atom stereocenters. The third-order valence-electron chi connectivity index (χ3n) is 2.74. The topological polar surface area (TPSA) is 47.8 Å². The van der Waals surface area contributed by atoms with Gasteiger partial charge in [-0.15, -0.1) is 0 Å². The van der Waals surface area contributed by atoms with Crippen LogP contribution in [0.25, 0.3) is 10.8 Å². The highest BCUT2D eigenvalue weighted by Crippen LogP contribution is 2.26. The Kier molecular flexibility index (Phi) is 3.54. The van der Waals surface area contributed by atoms with Gasteiger partial charge < -0.3 is 10.6 Å². The Morgan fingerprint density at radius 2 is 1.94 bits per heavy atom. The number of hydrogen-bond acceptors (Lipinski definition) is 3. The molecule has 0 fully saturated rings. The molecule has 0 heterocycles. The maximum atomic E-state index is 9.10. The summed E-state index contributed by atoms with van der Waals surface area (Å²) in [7, 11) is 3.85. The number of anilines is 1. The molecule has 18 heavy (non-hydrogen) atoms. The van der Waals surface area contributed by atoms with E-state index in [1.165, 1.54) is 0 Å². The van der Waals surface area contributed by atoms with Crippen molar-refractivity contribution in [3.05, 3.63) is 53.8 Å².